The van der Waals surface area contributed by atoms with Crippen LogP contribution >= 0.6 is 11.8 Å². The van der Waals surface area contributed by atoms with Crippen LogP contribution in [0.2, 0.25) is 0 Å². The molecule has 0 radical (unpaired) electrons. The van der Waals surface area contributed by atoms with E-state index in [1.165, 1.54) is 7.05 Å². The molecule has 2 heterocycles. The number of rotatable bonds is 4. The molecule has 2 aromatic heterocycles. The number of nitrogens with one attached hydrogen (secondary N) is 2. The van der Waals surface area contributed by atoms with Crippen molar-refractivity contribution < 1.29 is 4.42 Å². The summed E-state index contributed by atoms with van der Waals surface area (Å²) in [6.07, 6.45) is 3.12. The molecule has 30 heavy (non-hydrogen) atoms. The van der Waals surface area contributed by atoms with Crippen molar-refractivity contribution in [2.45, 2.75) is 24.8 Å². The zero-order chi connectivity index (χ0) is 20.9. The highest BCUT2D eigenvalue weighted by Crippen LogP contribution is 2.43. The maximum atomic E-state index is 12.9. The third-order valence-electron chi connectivity index (χ3n) is 6.10. The van der Waals surface area contributed by atoms with Gasteiger partial charge in [-0.3, -0.25) is 14.3 Å². The van der Waals surface area contributed by atoms with Gasteiger partial charge in [-0.1, -0.05) is 54.6 Å². The highest BCUT2D eigenvalue weighted by Gasteiger charge is 2.38. The van der Waals surface area contributed by atoms with E-state index in [4.69, 9.17) is 16.2 Å². The lowest BCUT2D eigenvalue weighted by molar-refractivity contribution is 0.227. The van der Waals surface area contributed by atoms with Crippen LogP contribution in [0.25, 0.3) is 33.6 Å². The summed E-state index contributed by atoms with van der Waals surface area (Å²) in [5, 5.41) is 0.361. The van der Waals surface area contributed by atoms with E-state index in [9.17, 15) is 9.59 Å². The molecule has 0 saturated heterocycles. The van der Waals surface area contributed by atoms with E-state index in [1.807, 2.05) is 54.6 Å². The minimum absolute atomic E-state index is 0.180. The standard InChI is InChI=1S/C23H20ClN3O3/c1-27-21(28)18-17(14-6-3-2-4-7-14)19(30-20(18)25-22(27)29)15-8-10-16(11-9-15)23(26-24)12-5-13-23/h2-4,6-11,26H,5,12-13H2,1H3,(H,25,29). The van der Waals surface area contributed by atoms with Crippen LogP contribution in [-0.2, 0) is 12.6 Å². The molecule has 4 aromatic rings. The summed E-state index contributed by atoms with van der Waals surface area (Å²) in [4.78, 5) is 30.6. The lowest BCUT2D eigenvalue weighted by atomic mass is 9.72. The predicted octanol–water partition coefficient (Wildman–Crippen LogP) is 4.28. The second kappa shape index (κ2) is 7.00. The molecule has 152 valence electrons. The van der Waals surface area contributed by atoms with Crippen LogP contribution in [-0.4, -0.2) is 9.55 Å². The highest BCUT2D eigenvalue weighted by molar-refractivity contribution is 6.14. The van der Waals surface area contributed by atoms with Gasteiger partial charge in [0, 0.05) is 18.2 Å². The van der Waals surface area contributed by atoms with Crippen LogP contribution in [0.3, 0.4) is 0 Å². The number of hydrogen-bond acceptors (Lipinski definition) is 4. The number of aromatic amines is 1. The molecule has 1 aliphatic rings. The van der Waals surface area contributed by atoms with Crippen LogP contribution in [0.1, 0.15) is 24.8 Å². The molecule has 2 aromatic carbocycles. The normalized spacial score (nSPS) is 15.3. The van der Waals surface area contributed by atoms with E-state index in [2.05, 4.69) is 9.82 Å². The average Bonchev–Trinajstić information content (AvgIpc) is 3.12. The van der Waals surface area contributed by atoms with Crippen molar-refractivity contribution in [3.63, 3.8) is 0 Å². The van der Waals surface area contributed by atoms with E-state index in [0.717, 1.165) is 40.5 Å². The van der Waals surface area contributed by atoms with Crippen LogP contribution in [0, 0.1) is 0 Å². The number of furan rings is 1. The first kappa shape index (κ1) is 18.9. The number of nitrogens with zero attached hydrogens (tertiary/aromatic N) is 1. The Morgan fingerprint density at radius 1 is 1.03 bits per heavy atom. The smallest absolute Gasteiger partial charge is 0.330 e. The second-order valence-corrected chi connectivity index (χ2v) is 7.97. The first-order chi connectivity index (χ1) is 14.5. The maximum absolute atomic E-state index is 12.9. The Balaban J connectivity index is 1.74. The molecule has 0 bridgehead atoms. The number of fused-ring (bicyclic) bond motifs is 1. The zero-order valence-electron chi connectivity index (χ0n) is 16.4. The van der Waals surface area contributed by atoms with Gasteiger partial charge >= 0.3 is 5.69 Å². The Kier molecular flexibility index (Phi) is 4.41. The topological polar surface area (TPSA) is 80.0 Å². The molecular weight excluding hydrogens is 402 g/mol. The van der Waals surface area contributed by atoms with Crippen LogP contribution in [0.4, 0.5) is 0 Å². The zero-order valence-corrected chi connectivity index (χ0v) is 17.1. The van der Waals surface area contributed by atoms with Gasteiger partial charge in [-0.25, -0.2) is 9.63 Å². The third-order valence-corrected chi connectivity index (χ3v) is 6.46. The van der Waals surface area contributed by atoms with Gasteiger partial charge in [0.25, 0.3) is 5.56 Å². The fourth-order valence-electron chi connectivity index (χ4n) is 4.16. The number of benzene rings is 2. The van der Waals surface area contributed by atoms with Crippen molar-refractivity contribution in [2.75, 3.05) is 0 Å². The monoisotopic (exact) mass is 421 g/mol. The largest absolute Gasteiger partial charge is 0.439 e. The number of hydrogen-bond donors (Lipinski definition) is 2. The summed E-state index contributed by atoms with van der Waals surface area (Å²) >= 11 is 6.02. The highest BCUT2D eigenvalue weighted by atomic mass is 35.5. The van der Waals surface area contributed by atoms with E-state index >= 15 is 0 Å². The van der Waals surface area contributed by atoms with Crippen molar-refractivity contribution in [2.24, 2.45) is 7.05 Å². The Morgan fingerprint density at radius 3 is 2.33 bits per heavy atom. The molecule has 1 fully saturated rings. The first-order valence-electron chi connectivity index (χ1n) is 9.84. The van der Waals surface area contributed by atoms with Crippen molar-refractivity contribution in [3.05, 3.63) is 81.0 Å². The fourth-order valence-corrected chi connectivity index (χ4v) is 4.45. The Labute approximate surface area is 177 Å². The van der Waals surface area contributed by atoms with Gasteiger partial charge < -0.3 is 4.42 Å². The molecule has 0 atom stereocenters. The summed E-state index contributed by atoms with van der Waals surface area (Å²) in [5.74, 6) is 0.545. The third kappa shape index (κ3) is 2.75. The van der Waals surface area contributed by atoms with E-state index < -0.39 is 5.69 Å². The Bertz CT molecular complexity index is 1340. The fraction of sp³-hybridized carbons (Fsp3) is 0.217. The van der Waals surface area contributed by atoms with Crippen molar-refractivity contribution in [3.8, 4) is 22.5 Å². The van der Waals surface area contributed by atoms with E-state index in [0.29, 0.717) is 16.7 Å². The summed E-state index contributed by atoms with van der Waals surface area (Å²) in [7, 11) is 1.45. The molecule has 0 amide bonds. The number of H-pyrrole nitrogens is 1. The molecule has 1 saturated carbocycles. The summed E-state index contributed by atoms with van der Waals surface area (Å²) in [6, 6.07) is 17.6. The summed E-state index contributed by atoms with van der Waals surface area (Å²) < 4.78 is 7.10. The van der Waals surface area contributed by atoms with Gasteiger partial charge in [-0.15, -0.1) is 0 Å². The molecule has 1 aliphatic carbocycles. The van der Waals surface area contributed by atoms with Gasteiger partial charge in [0.05, 0.1) is 5.54 Å². The van der Waals surface area contributed by atoms with Crippen molar-refractivity contribution in [1.29, 1.82) is 0 Å². The number of halogens is 1. The molecule has 0 unspecified atom stereocenters. The van der Waals surface area contributed by atoms with E-state index in [-0.39, 0.29) is 16.8 Å². The van der Waals surface area contributed by atoms with E-state index in [1.54, 1.807) is 0 Å². The van der Waals surface area contributed by atoms with Crippen molar-refractivity contribution >= 4 is 22.9 Å². The summed E-state index contributed by atoms with van der Waals surface area (Å²) in [5.41, 5.74) is 2.55. The van der Waals surface area contributed by atoms with Gasteiger partial charge in [0.15, 0.2) is 0 Å². The molecule has 7 heteroatoms. The maximum Gasteiger partial charge on any atom is 0.330 e. The van der Waals surface area contributed by atoms with Gasteiger partial charge in [-0.2, -0.15) is 0 Å². The SMILES string of the molecule is Cn1c(=O)[nH]c2oc(-c3ccc(C4(NCl)CCC4)cc3)c(-c3ccccc3)c2c1=O. The van der Waals surface area contributed by atoms with Crippen LogP contribution in [0.5, 0.6) is 0 Å². The molecule has 0 spiro atoms. The van der Waals surface area contributed by atoms with Gasteiger partial charge in [0.1, 0.15) is 11.1 Å². The van der Waals surface area contributed by atoms with Crippen molar-refractivity contribution in [1.82, 2.24) is 14.4 Å². The predicted molar refractivity (Wildman–Crippen MR) is 117 cm³/mol. The minimum atomic E-state index is -0.511. The van der Waals surface area contributed by atoms with Gasteiger partial charge in [0.2, 0.25) is 5.71 Å². The second-order valence-electron chi connectivity index (χ2n) is 7.78. The molecule has 5 rings (SSSR count). The lowest BCUT2D eigenvalue weighted by Crippen LogP contribution is -2.43. The van der Waals surface area contributed by atoms with Gasteiger partial charge in [-0.05, 0) is 42.2 Å². The van der Waals surface area contributed by atoms with Crippen LogP contribution in [0.15, 0.2) is 68.6 Å². The molecule has 2 N–H and O–H groups in total. The number of aromatic nitrogens is 2. The molecule has 0 aliphatic heterocycles. The quantitative estimate of drug-likeness (QED) is 0.482. The lowest BCUT2D eigenvalue weighted by Gasteiger charge is -2.41. The average molecular weight is 422 g/mol. The Hall–Kier alpha value is -3.09. The first-order valence-corrected chi connectivity index (χ1v) is 10.2. The molecule has 6 nitrogen and oxygen atoms in total. The minimum Gasteiger partial charge on any atom is -0.439 e. The van der Waals surface area contributed by atoms with Crippen LogP contribution < -0.4 is 16.1 Å². The Morgan fingerprint density at radius 2 is 1.73 bits per heavy atom. The summed E-state index contributed by atoms with van der Waals surface area (Å²) in [6.45, 7) is 0. The molecular formula is C23H20ClN3O3.